The third kappa shape index (κ3) is 12.6. The molecule has 1 saturated carbocycles. The van der Waals surface area contributed by atoms with E-state index in [1.807, 2.05) is 65.8 Å². The number of benzene rings is 2. The highest BCUT2D eigenvalue weighted by Crippen LogP contribution is 2.38. The summed E-state index contributed by atoms with van der Waals surface area (Å²) >= 11 is 0. The van der Waals surface area contributed by atoms with Gasteiger partial charge in [0.25, 0.3) is 0 Å². The van der Waals surface area contributed by atoms with E-state index in [1.54, 1.807) is 8.61 Å². The average molecular weight is 775 g/mol. The topological polar surface area (TPSA) is 133 Å². The summed E-state index contributed by atoms with van der Waals surface area (Å²) in [4.78, 5) is 26.4. The number of unbranched alkanes of at least 4 members (excludes halogenated alkanes) is 6. The maximum absolute atomic E-state index is 13.8. The summed E-state index contributed by atoms with van der Waals surface area (Å²) in [5, 5.41) is 5.90. The molecule has 0 aromatic heterocycles. The molecule has 1 aliphatic carbocycles. The number of aryl methyl sites for hydroxylation is 6. The lowest BCUT2D eigenvalue weighted by Gasteiger charge is -2.24. The largest absolute Gasteiger partial charge is 0.356 e. The van der Waals surface area contributed by atoms with Crippen molar-refractivity contribution >= 4 is 31.9 Å². The fourth-order valence-electron chi connectivity index (χ4n) is 7.47. The van der Waals surface area contributed by atoms with E-state index >= 15 is 0 Å². The number of carbonyl (C=O) groups is 2. The van der Waals surface area contributed by atoms with Gasteiger partial charge in [-0.3, -0.25) is 9.59 Å². The second-order valence-electron chi connectivity index (χ2n) is 15.1. The normalized spacial score (nSPS) is 16.0. The molecule has 2 aromatic carbocycles. The van der Waals surface area contributed by atoms with Crippen molar-refractivity contribution in [2.45, 2.75) is 136 Å². The first-order valence-electron chi connectivity index (χ1n) is 19.8. The van der Waals surface area contributed by atoms with Crippen LogP contribution in [0.2, 0.25) is 0 Å². The number of amides is 2. The van der Waals surface area contributed by atoms with Crippen molar-refractivity contribution in [3.05, 3.63) is 57.6 Å². The molecule has 1 aliphatic rings. The van der Waals surface area contributed by atoms with Crippen molar-refractivity contribution in [1.29, 1.82) is 0 Å². The minimum Gasteiger partial charge on any atom is -0.356 e. The second kappa shape index (κ2) is 20.8. The van der Waals surface area contributed by atoms with E-state index in [-0.39, 0.29) is 23.7 Å². The summed E-state index contributed by atoms with van der Waals surface area (Å²) in [5.74, 6) is -0.988. The number of rotatable bonds is 24. The summed E-state index contributed by atoms with van der Waals surface area (Å²) in [6.07, 6.45) is 8.53. The average Bonchev–Trinajstić information content (AvgIpc) is 3.86. The minimum absolute atomic E-state index is 0.141. The number of nitrogens with one attached hydrogen (secondary N) is 2. The lowest BCUT2D eigenvalue weighted by atomic mass is 10.1. The van der Waals surface area contributed by atoms with E-state index in [1.165, 1.54) is 0 Å². The predicted molar refractivity (Wildman–Crippen MR) is 214 cm³/mol. The zero-order chi connectivity index (χ0) is 39.3. The molecule has 53 heavy (non-hydrogen) atoms. The van der Waals surface area contributed by atoms with Gasteiger partial charge in [0.15, 0.2) is 0 Å². The molecule has 0 saturated heterocycles. The first kappa shape index (κ1) is 44.6. The summed E-state index contributed by atoms with van der Waals surface area (Å²) in [6, 6.07) is 7.66. The van der Waals surface area contributed by atoms with Crippen molar-refractivity contribution in [2.24, 2.45) is 11.8 Å². The van der Waals surface area contributed by atoms with Crippen LogP contribution in [0.1, 0.15) is 118 Å². The Morgan fingerprint density at radius 3 is 1.15 bits per heavy atom. The highest BCUT2D eigenvalue weighted by atomic mass is 32.2. The monoisotopic (exact) mass is 774 g/mol. The van der Waals surface area contributed by atoms with E-state index in [0.29, 0.717) is 81.2 Å². The van der Waals surface area contributed by atoms with Crippen molar-refractivity contribution in [3.63, 3.8) is 0 Å². The summed E-state index contributed by atoms with van der Waals surface area (Å²) < 4.78 is 58.2. The van der Waals surface area contributed by atoms with Crippen LogP contribution in [-0.4, -0.2) is 76.5 Å². The Kier molecular flexibility index (Phi) is 17.5. The summed E-state index contributed by atoms with van der Waals surface area (Å²) in [5.41, 5.74) is 5.12. The zero-order valence-electron chi connectivity index (χ0n) is 33.6. The van der Waals surface area contributed by atoms with Crippen molar-refractivity contribution in [3.8, 4) is 0 Å². The number of sulfonamides is 2. The van der Waals surface area contributed by atoms with Crippen LogP contribution in [0.25, 0.3) is 0 Å². The number of nitrogens with zero attached hydrogens (tertiary/aromatic N) is 2. The van der Waals surface area contributed by atoms with E-state index in [2.05, 4.69) is 24.5 Å². The van der Waals surface area contributed by atoms with E-state index in [9.17, 15) is 26.4 Å². The van der Waals surface area contributed by atoms with Gasteiger partial charge in [0.1, 0.15) is 0 Å². The molecule has 0 heterocycles. The first-order valence-corrected chi connectivity index (χ1v) is 22.7. The van der Waals surface area contributed by atoms with Crippen LogP contribution in [0.15, 0.2) is 34.1 Å². The molecule has 2 unspecified atom stereocenters. The van der Waals surface area contributed by atoms with Gasteiger partial charge < -0.3 is 10.6 Å². The molecular formula is C41H66N4O6S2. The SMILES string of the molecule is CCCCCN(CCCCNC(=O)C1CC1C(=O)NCCCCN(CCCCC)S(=O)(=O)c1c(C)cc(C)cc1C)S(=O)(=O)c1c(C)cc(C)cc1C. The molecule has 12 heteroatoms. The van der Waals surface area contributed by atoms with Gasteiger partial charge in [-0.05, 0) is 109 Å². The molecule has 298 valence electrons. The zero-order valence-corrected chi connectivity index (χ0v) is 35.3. The third-order valence-electron chi connectivity index (χ3n) is 10.2. The Morgan fingerprint density at radius 2 is 0.849 bits per heavy atom. The number of hydrogen-bond acceptors (Lipinski definition) is 6. The van der Waals surface area contributed by atoms with Gasteiger partial charge in [-0.1, -0.05) is 74.9 Å². The molecule has 0 radical (unpaired) electrons. The predicted octanol–water partition coefficient (Wildman–Crippen LogP) is 7.03. The van der Waals surface area contributed by atoms with Gasteiger partial charge in [0.05, 0.1) is 21.6 Å². The van der Waals surface area contributed by atoms with Gasteiger partial charge in [-0.2, -0.15) is 8.61 Å². The summed E-state index contributed by atoms with van der Waals surface area (Å²) in [7, 11) is -7.31. The van der Waals surface area contributed by atoms with Gasteiger partial charge >= 0.3 is 0 Å². The quantitative estimate of drug-likeness (QED) is 0.110. The number of carbonyl (C=O) groups excluding carboxylic acids is 2. The standard InChI is InChI=1S/C41H66N4O6S2/c1-9-11-15-21-44(52(48,49)38-32(5)25-30(3)26-33(38)6)23-17-13-19-42-40(46)36-29-37(36)41(47)43-20-14-18-24-45(22-16-12-10-2)53(50,51)39-34(7)27-31(4)28-35(39)8/h25-28,36-37H,9-24,29H2,1-8H3,(H,42,46)(H,43,47). The second-order valence-corrected chi connectivity index (χ2v) is 18.9. The Hall–Kier alpha value is -2.80. The number of hydrogen-bond donors (Lipinski definition) is 2. The lowest BCUT2D eigenvalue weighted by Crippen LogP contribution is -2.35. The van der Waals surface area contributed by atoms with E-state index in [4.69, 9.17) is 0 Å². The van der Waals surface area contributed by atoms with E-state index in [0.717, 1.165) is 71.9 Å². The van der Waals surface area contributed by atoms with Gasteiger partial charge in [0.2, 0.25) is 31.9 Å². The first-order chi connectivity index (χ1) is 25.1. The molecule has 3 rings (SSSR count). The highest BCUT2D eigenvalue weighted by Gasteiger charge is 2.47. The third-order valence-corrected chi connectivity index (χ3v) is 14.6. The Balaban J connectivity index is 1.42. The Bertz CT molecular complexity index is 1590. The minimum atomic E-state index is -3.65. The molecule has 2 amide bonds. The van der Waals surface area contributed by atoms with Crippen LogP contribution in [0.3, 0.4) is 0 Å². The maximum Gasteiger partial charge on any atom is 0.243 e. The molecule has 0 aliphatic heterocycles. The molecule has 10 nitrogen and oxygen atoms in total. The highest BCUT2D eigenvalue weighted by molar-refractivity contribution is 7.89. The molecular weight excluding hydrogens is 709 g/mol. The fraction of sp³-hybridized carbons (Fsp3) is 0.659. The summed E-state index contributed by atoms with van der Waals surface area (Å²) in [6.45, 7) is 18.1. The van der Waals surface area contributed by atoms with Crippen molar-refractivity contribution < 1.29 is 26.4 Å². The van der Waals surface area contributed by atoms with Crippen LogP contribution in [0.4, 0.5) is 0 Å². The van der Waals surface area contributed by atoms with E-state index < -0.39 is 20.0 Å². The molecule has 2 aromatic rings. The molecule has 0 bridgehead atoms. The van der Waals surface area contributed by atoms with Crippen LogP contribution in [-0.2, 0) is 29.6 Å². The van der Waals surface area contributed by atoms with Crippen molar-refractivity contribution in [2.75, 3.05) is 39.3 Å². The lowest BCUT2D eigenvalue weighted by molar-refractivity contribution is -0.127. The maximum atomic E-state index is 13.8. The van der Waals surface area contributed by atoms with Gasteiger partial charge in [0, 0.05) is 39.3 Å². The van der Waals surface area contributed by atoms with Gasteiger partial charge in [-0.15, -0.1) is 0 Å². The van der Waals surface area contributed by atoms with Gasteiger partial charge in [-0.25, -0.2) is 16.8 Å². The smallest absolute Gasteiger partial charge is 0.243 e. The van der Waals surface area contributed by atoms with Crippen LogP contribution in [0.5, 0.6) is 0 Å². The van der Waals surface area contributed by atoms with Crippen LogP contribution >= 0.6 is 0 Å². The Labute approximate surface area is 321 Å². The van der Waals surface area contributed by atoms with Crippen LogP contribution in [0, 0.1) is 53.4 Å². The molecule has 0 spiro atoms. The fourth-order valence-corrected chi connectivity index (χ4v) is 11.3. The molecule has 1 fully saturated rings. The molecule has 2 N–H and O–H groups in total. The molecule has 2 atom stereocenters. The Morgan fingerprint density at radius 1 is 0.547 bits per heavy atom. The van der Waals surface area contributed by atoms with Crippen LogP contribution < -0.4 is 10.6 Å². The van der Waals surface area contributed by atoms with Crippen molar-refractivity contribution in [1.82, 2.24) is 19.2 Å².